The predicted molar refractivity (Wildman–Crippen MR) is 68.4 cm³/mol. The van der Waals surface area contributed by atoms with E-state index in [1.54, 1.807) is 19.1 Å². The Morgan fingerprint density at radius 2 is 2.12 bits per heavy atom. The summed E-state index contributed by atoms with van der Waals surface area (Å²) in [4.78, 5) is 0.205. The molecule has 1 fully saturated rings. The minimum atomic E-state index is -3.63. The molecule has 0 amide bonds. The number of nitrogens with two attached hydrogens (primary N) is 1. The van der Waals surface area contributed by atoms with Gasteiger partial charge < -0.3 is 5.32 Å². The Bertz CT molecular complexity index is 507. The van der Waals surface area contributed by atoms with Crippen LogP contribution in [-0.4, -0.2) is 15.0 Å². The second-order valence-electron chi connectivity index (χ2n) is 4.70. The van der Waals surface area contributed by atoms with Crippen molar-refractivity contribution in [2.45, 2.75) is 31.1 Å². The normalized spacial score (nSPS) is 16.6. The van der Waals surface area contributed by atoms with E-state index in [1.165, 1.54) is 19.3 Å². The van der Waals surface area contributed by atoms with E-state index in [0.29, 0.717) is 5.56 Å². The van der Waals surface area contributed by atoms with Crippen molar-refractivity contribution in [3.63, 3.8) is 0 Å². The summed E-state index contributed by atoms with van der Waals surface area (Å²) in [6.45, 7) is 2.66. The summed E-state index contributed by atoms with van der Waals surface area (Å²) in [7, 11) is -3.63. The molecular formula is C12H18N2O2S. The van der Waals surface area contributed by atoms with E-state index in [-0.39, 0.29) is 4.90 Å². The summed E-state index contributed by atoms with van der Waals surface area (Å²) < 4.78 is 22.7. The molecule has 1 aliphatic rings. The molecule has 1 aromatic rings. The standard InChI is InChI=1S/C12H18N2O2S/c1-9-5-6-11(7-12(9)17(13,15)16)14-8-10-3-2-4-10/h5-7,10,14H,2-4,8H2,1H3,(H2,13,15,16). The number of rotatable bonds is 4. The van der Waals surface area contributed by atoms with Crippen molar-refractivity contribution in [2.24, 2.45) is 11.1 Å². The molecule has 0 spiro atoms. The van der Waals surface area contributed by atoms with Crippen LogP contribution >= 0.6 is 0 Å². The molecule has 0 saturated heterocycles. The van der Waals surface area contributed by atoms with E-state index in [1.807, 2.05) is 6.07 Å². The zero-order valence-corrected chi connectivity index (χ0v) is 10.8. The molecule has 1 saturated carbocycles. The van der Waals surface area contributed by atoms with Crippen LogP contribution in [0.2, 0.25) is 0 Å². The molecule has 0 aliphatic heterocycles. The van der Waals surface area contributed by atoms with Gasteiger partial charge in [-0.15, -0.1) is 0 Å². The Morgan fingerprint density at radius 1 is 1.41 bits per heavy atom. The third kappa shape index (κ3) is 2.98. The van der Waals surface area contributed by atoms with Crippen LogP contribution < -0.4 is 10.5 Å². The van der Waals surface area contributed by atoms with Crippen molar-refractivity contribution in [3.8, 4) is 0 Å². The first-order valence-electron chi connectivity index (χ1n) is 5.84. The zero-order valence-electron chi connectivity index (χ0n) is 9.94. The summed E-state index contributed by atoms with van der Waals surface area (Å²) in [6, 6.07) is 5.29. The molecule has 94 valence electrons. The molecule has 1 aromatic carbocycles. The van der Waals surface area contributed by atoms with Crippen molar-refractivity contribution in [1.29, 1.82) is 0 Å². The average Bonchev–Trinajstić information content (AvgIpc) is 2.16. The van der Waals surface area contributed by atoms with Gasteiger partial charge in [0, 0.05) is 12.2 Å². The van der Waals surface area contributed by atoms with Crippen molar-refractivity contribution in [1.82, 2.24) is 0 Å². The molecule has 4 nitrogen and oxygen atoms in total. The molecule has 0 bridgehead atoms. The van der Waals surface area contributed by atoms with Crippen LogP contribution in [0.5, 0.6) is 0 Å². The Kier molecular flexibility index (Phi) is 3.40. The van der Waals surface area contributed by atoms with E-state index in [9.17, 15) is 8.42 Å². The second-order valence-corrected chi connectivity index (χ2v) is 6.23. The molecule has 5 heteroatoms. The molecule has 0 heterocycles. The SMILES string of the molecule is Cc1ccc(NCC2CCC2)cc1S(N)(=O)=O. The van der Waals surface area contributed by atoms with E-state index >= 15 is 0 Å². The Hall–Kier alpha value is -1.07. The van der Waals surface area contributed by atoms with Crippen LogP contribution in [0, 0.1) is 12.8 Å². The van der Waals surface area contributed by atoms with E-state index in [2.05, 4.69) is 5.32 Å². The quantitative estimate of drug-likeness (QED) is 0.861. The summed E-state index contributed by atoms with van der Waals surface area (Å²) in [5.41, 5.74) is 1.51. The van der Waals surface area contributed by atoms with E-state index in [0.717, 1.165) is 18.2 Å². The van der Waals surface area contributed by atoms with Crippen LogP contribution in [0.25, 0.3) is 0 Å². The lowest BCUT2D eigenvalue weighted by atomic mass is 9.85. The highest BCUT2D eigenvalue weighted by Gasteiger charge is 2.17. The van der Waals surface area contributed by atoms with Gasteiger partial charge in [0.25, 0.3) is 0 Å². The Morgan fingerprint density at radius 3 is 2.65 bits per heavy atom. The van der Waals surface area contributed by atoms with Crippen LogP contribution in [0.3, 0.4) is 0 Å². The monoisotopic (exact) mass is 254 g/mol. The van der Waals surface area contributed by atoms with Gasteiger partial charge in [-0.1, -0.05) is 12.5 Å². The minimum Gasteiger partial charge on any atom is -0.385 e. The summed E-state index contributed by atoms with van der Waals surface area (Å²) >= 11 is 0. The van der Waals surface area contributed by atoms with Crippen molar-refractivity contribution in [2.75, 3.05) is 11.9 Å². The molecular weight excluding hydrogens is 236 g/mol. The third-order valence-electron chi connectivity index (χ3n) is 3.31. The molecule has 17 heavy (non-hydrogen) atoms. The van der Waals surface area contributed by atoms with Gasteiger partial charge in [-0.2, -0.15) is 0 Å². The molecule has 0 radical (unpaired) electrons. The van der Waals surface area contributed by atoms with Gasteiger partial charge in [0.2, 0.25) is 10.0 Å². The molecule has 1 aliphatic carbocycles. The molecule has 0 aromatic heterocycles. The smallest absolute Gasteiger partial charge is 0.238 e. The molecule has 3 N–H and O–H groups in total. The highest BCUT2D eigenvalue weighted by atomic mass is 32.2. The first kappa shape index (κ1) is 12.4. The molecule has 0 atom stereocenters. The number of anilines is 1. The fraction of sp³-hybridized carbons (Fsp3) is 0.500. The van der Waals surface area contributed by atoms with Gasteiger partial charge in [-0.05, 0) is 43.4 Å². The number of nitrogens with one attached hydrogen (secondary N) is 1. The van der Waals surface area contributed by atoms with Crippen LogP contribution in [0.15, 0.2) is 23.1 Å². The first-order chi connectivity index (χ1) is 7.97. The minimum absolute atomic E-state index is 0.205. The number of aryl methyl sites for hydroxylation is 1. The number of hydrogen-bond acceptors (Lipinski definition) is 3. The lowest BCUT2D eigenvalue weighted by Gasteiger charge is -2.26. The largest absolute Gasteiger partial charge is 0.385 e. The van der Waals surface area contributed by atoms with Gasteiger partial charge in [0.15, 0.2) is 0 Å². The first-order valence-corrected chi connectivity index (χ1v) is 7.39. The number of hydrogen-bond donors (Lipinski definition) is 2. The zero-order chi connectivity index (χ0) is 12.5. The third-order valence-corrected chi connectivity index (χ3v) is 4.37. The van der Waals surface area contributed by atoms with Crippen molar-refractivity contribution < 1.29 is 8.42 Å². The van der Waals surface area contributed by atoms with Crippen molar-refractivity contribution in [3.05, 3.63) is 23.8 Å². The fourth-order valence-corrected chi connectivity index (χ4v) is 2.78. The maximum Gasteiger partial charge on any atom is 0.238 e. The molecule has 2 rings (SSSR count). The lowest BCUT2D eigenvalue weighted by molar-refractivity contribution is 0.333. The Balaban J connectivity index is 2.13. The maximum absolute atomic E-state index is 11.4. The second kappa shape index (κ2) is 4.66. The maximum atomic E-state index is 11.4. The highest BCUT2D eigenvalue weighted by Crippen LogP contribution is 2.27. The lowest BCUT2D eigenvalue weighted by Crippen LogP contribution is -2.21. The number of primary sulfonamides is 1. The van der Waals surface area contributed by atoms with Gasteiger partial charge >= 0.3 is 0 Å². The number of benzene rings is 1. The van der Waals surface area contributed by atoms with E-state index in [4.69, 9.17) is 5.14 Å². The van der Waals surface area contributed by atoms with Crippen LogP contribution in [0.4, 0.5) is 5.69 Å². The fourth-order valence-electron chi connectivity index (χ4n) is 1.98. The van der Waals surface area contributed by atoms with Gasteiger partial charge in [0.05, 0.1) is 4.90 Å². The molecule has 0 unspecified atom stereocenters. The van der Waals surface area contributed by atoms with Gasteiger partial charge in [0.1, 0.15) is 0 Å². The summed E-state index contributed by atoms with van der Waals surface area (Å²) in [5, 5.41) is 8.43. The van der Waals surface area contributed by atoms with Crippen LogP contribution in [-0.2, 0) is 10.0 Å². The average molecular weight is 254 g/mol. The topological polar surface area (TPSA) is 72.2 Å². The predicted octanol–water partition coefficient (Wildman–Crippen LogP) is 1.85. The number of sulfonamides is 1. The Labute approximate surface area is 102 Å². The van der Waals surface area contributed by atoms with Crippen LogP contribution in [0.1, 0.15) is 24.8 Å². The van der Waals surface area contributed by atoms with E-state index < -0.39 is 10.0 Å². The van der Waals surface area contributed by atoms with Gasteiger partial charge in [-0.3, -0.25) is 0 Å². The summed E-state index contributed by atoms with van der Waals surface area (Å²) in [5.74, 6) is 0.731. The highest BCUT2D eigenvalue weighted by molar-refractivity contribution is 7.89. The summed E-state index contributed by atoms with van der Waals surface area (Å²) in [6.07, 6.45) is 3.84. The van der Waals surface area contributed by atoms with Crippen molar-refractivity contribution >= 4 is 15.7 Å². The van der Waals surface area contributed by atoms with Gasteiger partial charge in [-0.25, -0.2) is 13.6 Å².